The van der Waals surface area contributed by atoms with Gasteiger partial charge in [0.15, 0.2) is 0 Å². The highest BCUT2D eigenvalue weighted by atomic mass is 16.5. The maximum atomic E-state index is 5.63. The lowest BCUT2D eigenvalue weighted by molar-refractivity contribution is 0.0823. The number of aromatic nitrogens is 1. The summed E-state index contributed by atoms with van der Waals surface area (Å²) >= 11 is 0. The van der Waals surface area contributed by atoms with Gasteiger partial charge >= 0.3 is 0 Å². The standard InChI is InChI=1S/C16H18N2O/c1-2-7-15-13(5-1)11-19-12-16(15)18-10-8-14-6-3-4-9-17-14/h1-7,9,16,18H,8,10-12H2. The zero-order valence-electron chi connectivity index (χ0n) is 10.9. The van der Waals surface area contributed by atoms with Gasteiger partial charge in [-0.05, 0) is 23.3 Å². The quantitative estimate of drug-likeness (QED) is 0.910. The fourth-order valence-electron chi connectivity index (χ4n) is 2.47. The van der Waals surface area contributed by atoms with Gasteiger partial charge in [-0.2, -0.15) is 0 Å². The Labute approximate surface area is 113 Å². The number of nitrogens with one attached hydrogen (secondary N) is 1. The number of pyridine rings is 1. The van der Waals surface area contributed by atoms with E-state index in [1.807, 2.05) is 18.3 Å². The Morgan fingerprint density at radius 2 is 2.05 bits per heavy atom. The molecule has 3 heteroatoms. The van der Waals surface area contributed by atoms with E-state index in [4.69, 9.17) is 4.74 Å². The molecular formula is C16H18N2O. The Balaban J connectivity index is 1.59. The zero-order valence-corrected chi connectivity index (χ0v) is 10.9. The Kier molecular flexibility index (Phi) is 3.86. The van der Waals surface area contributed by atoms with Crippen molar-refractivity contribution >= 4 is 0 Å². The highest BCUT2D eigenvalue weighted by Gasteiger charge is 2.19. The molecule has 0 saturated carbocycles. The van der Waals surface area contributed by atoms with Gasteiger partial charge in [0.05, 0.1) is 19.3 Å². The van der Waals surface area contributed by atoms with Crippen LogP contribution in [0, 0.1) is 0 Å². The first-order chi connectivity index (χ1) is 9.43. The first kappa shape index (κ1) is 12.3. The highest BCUT2D eigenvalue weighted by molar-refractivity contribution is 5.31. The summed E-state index contributed by atoms with van der Waals surface area (Å²) in [5, 5.41) is 3.56. The molecular weight excluding hydrogens is 236 g/mol. The lowest BCUT2D eigenvalue weighted by Crippen LogP contribution is -2.31. The van der Waals surface area contributed by atoms with E-state index < -0.39 is 0 Å². The number of benzene rings is 1. The third kappa shape index (κ3) is 3.00. The summed E-state index contributed by atoms with van der Waals surface area (Å²) in [7, 11) is 0. The van der Waals surface area contributed by atoms with Crippen molar-refractivity contribution in [2.24, 2.45) is 0 Å². The van der Waals surface area contributed by atoms with Crippen LogP contribution in [0.2, 0.25) is 0 Å². The van der Waals surface area contributed by atoms with E-state index in [1.54, 1.807) is 0 Å². The first-order valence-corrected chi connectivity index (χ1v) is 6.72. The predicted molar refractivity (Wildman–Crippen MR) is 74.8 cm³/mol. The van der Waals surface area contributed by atoms with E-state index in [2.05, 4.69) is 40.6 Å². The van der Waals surface area contributed by atoms with E-state index in [1.165, 1.54) is 11.1 Å². The third-order valence-electron chi connectivity index (χ3n) is 3.47. The van der Waals surface area contributed by atoms with Crippen LogP contribution in [0.3, 0.4) is 0 Å². The van der Waals surface area contributed by atoms with E-state index in [0.29, 0.717) is 6.04 Å². The van der Waals surface area contributed by atoms with Crippen molar-refractivity contribution in [2.45, 2.75) is 19.1 Å². The molecule has 2 heterocycles. The number of hydrogen-bond donors (Lipinski definition) is 1. The van der Waals surface area contributed by atoms with Gasteiger partial charge in [-0.1, -0.05) is 30.3 Å². The lowest BCUT2D eigenvalue weighted by Gasteiger charge is -2.26. The molecule has 0 aliphatic carbocycles. The minimum absolute atomic E-state index is 0.300. The molecule has 1 aromatic carbocycles. The van der Waals surface area contributed by atoms with E-state index in [-0.39, 0.29) is 0 Å². The number of fused-ring (bicyclic) bond motifs is 1. The van der Waals surface area contributed by atoms with Crippen LogP contribution in [-0.4, -0.2) is 18.1 Å². The monoisotopic (exact) mass is 254 g/mol. The summed E-state index contributed by atoms with van der Waals surface area (Å²) in [6.45, 7) is 2.40. The molecule has 19 heavy (non-hydrogen) atoms. The first-order valence-electron chi connectivity index (χ1n) is 6.72. The van der Waals surface area contributed by atoms with E-state index >= 15 is 0 Å². The van der Waals surface area contributed by atoms with Gasteiger partial charge in [-0.25, -0.2) is 0 Å². The molecule has 1 aromatic heterocycles. The van der Waals surface area contributed by atoms with Crippen molar-refractivity contribution in [2.75, 3.05) is 13.2 Å². The third-order valence-corrected chi connectivity index (χ3v) is 3.47. The largest absolute Gasteiger partial charge is 0.375 e. The van der Waals surface area contributed by atoms with Crippen LogP contribution in [0.5, 0.6) is 0 Å². The molecule has 3 nitrogen and oxygen atoms in total. The summed E-state index contributed by atoms with van der Waals surface area (Å²) in [5.74, 6) is 0. The fourth-order valence-corrected chi connectivity index (χ4v) is 2.47. The van der Waals surface area contributed by atoms with E-state index in [9.17, 15) is 0 Å². The average molecular weight is 254 g/mol. The van der Waals surface area contributed by atoms with Crippen LogP contribution in [0.4, 0.5) is 0 Å². The second-order valence-corrected chi connectivity index (χ2v) is 4.79. The topological polar surface area (TPSA) is 34.1 Å². The Hall–Kier alpha value is -1.71. The maximum absolute atomic E-state index is 5.63. The second kappa shape index (κ2) is 5.95. The van der Waals surface area contributed by atoms with Gasteiger partial charge in [0, 0.05) is 24.9 Å². The number of hydrogen-bond acceptors (Lipinski definition) is 3. The average Bonchev–Trinajstić information content (AvgIpc) is 2.49. The van der Waals surface area contributed by atoms with Crippen LogP contribution in [0.15, 0.2) is 48.7 Å². The lowest BCUT2D eigenvalue weighted by atomic mass is 9.99. The van der Waals surface area contributed by atoms with Gasteiger partial charge in [-0.15, -0.1) is 0 Å². The molecule has 0 bridgehead atoms. The molecule has 1 aliphatic rings. The van der Waals surface area contributed by atoms with Crippen molar-refractivity contribution in [1.29, 1.82) is 0 Å². The summed E-state index contributed by atoms with van der Waals surface area (Å²) in [6, 6.07) is 14.8. The minimum atomic E-state index is 0.300. The zero-order chi connectivity index (χ0) is 12.9. The molecule has 0 fully saturated rings. The van der Waals surface area contributed by atoms with Crippen LogP contribution >= 0.6 is 0 Å². The molecule has 1 N–H and O–H groups in total. The molecule has 1 aliphatic heterocycles. The normalized spacial score (nSPS) is 18.0. The SMILES string of the molecule is c1ccc(CCNC2COCc3ccccc32)nc1. The molecule has 1 atom stereocenters. The van der Waals surface area contributed by atoms with Gasteiger partial charge in [0.1, 0.15) is 0 Å². The fraction of sp³-hybridized carbons (Fsp3) is 0.312. The molecule has 0 radical (unpaired) electrons. The van der Waals surface area contributed by atoms with Crippen LogP contribution in [0.25, 0.3) is 0 Å². The van der Waals surface area contributed by atoms with Gasteiger partial charge in [-0.3, -0.25) is 4.98 Å². The van der Waals surface area contributed by atoms with Gasteiger partial charge < -0.3 is 10.1 Å². The molecule has 3 rings (SSSR count). The van der Waals surface area contributed by atoms with Crippen molar-refractivity contribution in [1.82, 2.24) is 10.3 Å². The summed E-state index contributed by atoms with van der Waals surface area (Å²) in [4.78, 5) is 4.33. The molecule has 0 spiro atoms. The second-order valence-electron chi connectivity index (χ2n) is 4.79. The van der Waals surface area contributed by atoms with Crippen molar-refractivity contribution < 1.29 is 4.74 Å². The Morgan fingerprint density at radius 1 is 1.16 bits per heavy atom. The van der Waals surface area contributed by atoms with Crippen molar-refractivity contribution in [3.05, 3.63) is 65.5 Å². The van der Waals surface area contributed by atoms with E-state index in [0.717, 1.165) is 31.9 Å². The van der Waals surface area contributed by atoms with Gasteiger partial charge in [0.2, 0.25) is 0 Å². The number of nitrogens with zero attached hydrogens (tertiary/aromatic N) is 1. The summed E-state index contributed by atoms with van der Waals surface area (Å²) in [6.07, 6.45) is 2.79. The van der Waals surface area contributed by atoms with Gasteiger partial charge in [0.25, 0.3) is 0 Å². The Morgan fingerprint density at radius 3 is 2.95 bits per heavy atom. The minimum Gasteiger partial charge on any atom is -0.375 e. The highest BCUT2D eigenvalue weighted by Crippen LogP contribution is 2.24. The van der Waals surface area contributed by atoms with Crippen LogP contribution in [-0.2, 0) is 17.8 Å². The molecule has 1 unspecified atom stereocenters. The number of ether oxygens (including phenoxy) is 1. The molecule has 0 saturated heterocycles. The summed E-state index contributed by atoms with van der Waals surface area (Å²) in [5.41, 5.74) is 3.79. The predicted octanol–water partition coefficient (Wildman–Crippen LogP) is 2.49. The smallest absolute Gasteiger partial charge is 0.0721 e. The molecule has 0 amide bonds. The maximum Gasteiger partial charge on any atom is 0.0721 e. The number of rotatable bonds is 4. The van der Waals surface area contributed by atoms with Crippen molar-refractivity contribution in [3.8, 4) is 0 Å². The van der Waals surface area contributed by atoms with Crippen molar-refractivity contribution in [3.63, 3.8) is 0 Å². The molecule has 2 aromatic rings. The summed E-state index contributed by atoms with van der Waals surface area (Å²) < 4.78 is 5.63. The molecule has 98 valence electrons. The Bertz CT molecular complexity index is 527. The van der Waals surface area contributed by atoms with Crippen LogP contribution in [0.1, 0.15) is 22.9 Å². The van der Waals surface area contributed by atoms with Crippen LogP contribution < -0.4 is 5.32 Å².